The number of hydrazine groups is 1. The van der Waals surface area contributed by atoms with Crippen LogP contribution < -0.4 is 22.3 Å². The average Bonchev–Trinajstić information content (AvgIpc) is 3.05. The van der Waals surface area contributed by atoms with Crippen LogP contribution >= 0.6 is 11.6 Å². The summed E-state index contributed by atoms with van der Waals surface area (Å²) >= 11 is 5.97. The number of rotatable bonds is 5. The maximum Gasteiger partial charge on any atom is 0.148 e. The van der Waals surface area contributed by atoms with Crippen LogP contribution in [0, 0.1) is 17.1 Å². The van der Waals surface area contributed by atoms with E-state index in [1.165, 1.54) is 12.3 Å². The first-order chi connectivity index (χ1) is 14.2. The molecule has 6 N–H and O–H groups in total. The van der Waals surface area contributed by atoms with Crippen LogP contribution in [0.4, 0.5) is 15.9 Å². The molecule has 3 rings (SSSR count). The molecule has 0 fully saturated rings. The van der Waals surface area contributed by atoms with Crippen molar-refractivity contribution in [2.75, 3.05) is 10.7 Å². The van der Waals surface area contributed by atoms with Gasteiger partial charge in [-0.05, 0) is 43.7 Å². The number of para-hydroxylation sites is 1. The number of hydrogen-bond acceptors (Lipinski definition) is 5. The molecular weight excluding hydrogens is 403 g/mol. The van der Waals surface area contributed by atoms with E-state index >= 15 is 0 Å². The summed E-state index contributed by atoms with van der Waals surface area (Å²) in [6.45, 7) is 3.66. The van der Waals surface area contributed by atoms with Crippen molar-refractivity contribution >= 4 is 23.1 Å². The number of anilines is 2. The zero-order valence-corrected chi connectivity index (χ0v) is 17.4. The molecule has 0 bridgehead atoms. The first-order valence-electron chi connectivity index (χ1n) is 9.10. The molecule has 0 saturated carbocycles. The van der Waals surface area contributed by atoms with E-state index < -0.39 is 11.4 Å². The smallest absolute Gasteiger partial charge is 0.148 e. The predicted molar refractivity (Wildman–Crippen MR) is 119 cm³/mol. The Labute approximate surface area is 179 Å². The standard InChI is InChI=1S/C22H22ClFN6/c1-22(2,20(26)13-30(28)19-6-4-3-5-18(19)24)29-12-17(16(11-25)21(29)27)14-7-9-15(23)10-8-14/h3-10,12-13H,26-28H2,1-2H3/b20-13-. The van der Waals surface area contributed by atoms with Gasteiger partial charge in [-0.1, -0.05) is 35.9 Å². The molecule has 0 aliphatic heterocycles. The number of allylic oxidation sites excluding steroid dienone is 1. The summed E-state index contributed by atoms with van der Waals surface area (Å²) in [6.07, 6.45) is 3.20. The largest absolute Gasteiger partial charge is 0.399 e. The first-order valence-corrected chi connectivity index (χ1v) is 9.48. The van der Waals surface area contributed by atoms with Crippen LogP contribution in [-0.2, 0) is 5.54 Å². The maximum absolute atomic E-state index is 14.0. The van der Waals surface area contributed by atoms with E-state index in [1.807, 2.05) is 26.0 Å². The van der Waals surface area contributed by atoms with Gasteiger partial charge in [-0.2, -0.15) is 5.26 Å². The van der Waals surface area contributed by atoms with Crippen molar-refractivity contribution in [2.45, 2.75) is 19.4 Å². The van der Waals surface area contributed by atoms with Crippen LogP contribution in [0.2, 0.25) is 5.02 Å². The third kappa shape index (κ3) is 3.83. The van der Waals surface area contributed by atoms with E-state index in [-0.39, 0.29) is 11.5 Å². The van der Waals surface area contributed by atoms with Gasteiger partial charge in [0.15, 0.2) is 0 Å². The molecule has 0 radical (unpaired) electrons. The number of nitrogen functional groups attached to an aromatic ring is 1. The minimum Gasteiger partial charge on any atom is -0.399 e. The second-order valence-corrected chi connectivity index (χ2v) is 7.73. The zero-order valence-electron chi connectivity index (χ0n) is 16.6. The fourth-order valence-corrected chi connectivity index (χ4v) is 3.25. The lowest BCUT2D eigenvalue weighted by Crippen LogP contribution is -2.36. The number of nitrogens with zero attached hydrogens (tertiary/aromatic N) is 3. The second-order valence-electron chi connectivity index (χ2n) is 7.29. The van der Waals surface area contributed by atoms with Gasteiger partial charge in [0.2, 0.25) is 0 Å². The van der Waals surface area contributed by atoms with Crippen LogP contribution in [0.5, 0.6) is 0 Å². The predicted octanol–water partition coefficient (Wildman–Crippen LogP) is 4.32. The van der Waals surface area contributed by atoms with Crippen molar-refractivity contribution in [3.05, 3.63) is 83.0 Å². The number of nitrogens with two attached hydrogens (primary N) is 3. The zero-order chi connectivity index (χ0) is 22.1. The monoisotopic (exact) mass is 424 g/mol. The molecule has 1 heterocycles. The van der Waals surface area contributed by atoms with E-state index in [4.69, 9.17) is 28.9 Å². The Morgan fingerprint density at radius 3 is 2.43 bits per heavy atom. The van der Waals surface area contributed by atoms with Crippen molar-refractivity contribution in [2.24, 2.45) is 11.6 Å². The summed E-state index contributed by atoms with van der Waals surface area (Å²) in [4.78, 5) is 0. The highest BCUT2D eigenvalue weighted by atomic mass is 35.5. The molecule has 0 spiro atoms. The van der Waals surface area contributed by atoms with Gasteiger partial charge in [-0.15, -0.1) is 0 Å². The van der Waals surface area contributed by atoms with Crippen molar-refractivity contribution in [1.82, 2.24) is 4.57 Å². The van der Waals surface area contributed by atoms with Crippen LogP contribution in [-0.4, -0.2) is 4.57 Å². The van der Waals surface area contributed by atoms with Gasteiger partial charge in [0, 0.05) is 23.0 Å². The normalized spacial score (nSPS) is 11.9. The Bertz CT molecular complexity index is 1140. The van der Waals surface area contributed by atoms with Gasteiger partial charge >= 0.3 is 0 Å². The van der Waals surface area contributed by atoms with Gasteiger partial charge in [-0.25, -0.2) is 10.2 Å². The van der Waals surface area contributed by atoms with Crippen molar-refractivity contribution in [3.63, 3.8) is 0 Å². The minimum absolute atomic E-state index is 0.177. The topological polar surface area (TPSA) is 110 Å². The lowest BCUT2D eigenvalue weighted by atomic mass is 10.0. The molecule has 0 aliphatic rings. The summed E-state index contributed by atoms with van der Waals surface area (Å²) in [5, 5.41) is 11.4. The Kier molecular flexibility index (Phi) is 5.74. The fourth-order valence-electron chi connectivity index (χ4n) is 3.13. The van der Waals surface area contributed by atoms with Crippen molar-refractivity contribution in [3.8, 4) is 17.2 Å². The Morgan fingerprint density at radius 1 is 1.20 bits per heavy atom. The maximum atomic E-state index is 14.0. The minimum atomic E-state index is -0.858. The Hall–Kier alpha value is -3.47. The quantitative estimate of drug-likeness (QED) is 0.417. The van der Waals surface area contributed by atoms with E-state index in [9.17, 15) is 9.65 Å². The summed E-state index contributed by atoms with van der Waals surface area (Å²) in [6, 6.07) is 15.4. The van der Waals surface area contributed by atoms with Crippen LogP contribution in [0.1, 0.15) is 19.4 Å². The number of hydrogen-bond donors (Lipinski definition) is 3. The second kappa shape index (κ2) is 8.11. The molecule has 8 heteroatoms. The van der Waals surface area contributed by atoms with Gasteiger partial charge in [0.05, 0.1) is 16.9 Å². The van der Waals surface area contributed by atoms with Crippen molar-refractivity contribution in [1.29, 1.82) is 5.26 Å². The van der Waals surface area contributed by atoms with Gasteiger partial charge < -0.3 is 16.0 Å². The Balaban J connectivity index is 2.04. The number of halogens is 2. The molecule has 0 amide bonds. The lowest BCUT2D eigenvalue weighted by molar-refractivity contribution is 0.427. The third-order valence-corrected chi connectivity index (χ3v) is 5.28. The molecular formula is C22H22ClFN6. The molecule has 3 aromatic rings. The van der Waals surface area contributed by atoms with E-state index in [0.29, 0.717) is 21.8 Å². The molecule has 0 saturated heterocycles. The number of nitriles is 1. The SMILES string of the molecule is CC(C)(/C(N)=C/N(N)c1ccccc1F)n1cc(-c2ccc(Cl)cc2)c(C#N)c1N. The number of benzene rings is 2. The average molecular weight is 425 g/mol. The van der Waals surface area contributed by atoms with Gasteiger partial charge in [0.25, 0.3) is 0 Å². The van der Waals surface area contributed by atoms with Crippen molar-refractivity contribution < 1.29 is 4.39 Å². The lowest BCUT2D eigenvalue weighted by Gasteiger charge is -2.30. The molecule has 0 aliphatic carbocycles. The van der Waals surface area contributed by atoms with E-state index in [0.717, 1.165) is 10.6 Å². The highest BCUT2D eigenvalue weighted by Crippen LogP contribution is 2.36. The molecule has 1 aromatic heterocycles. The summed E-state index contributed by atoms with van der Waals surface area (Å²) in [7, 11) is 0. The molecule has 30 heavy (non-hydrogen) atoms. The fraction of sp³-hybridized carbons (Fsp3) is 0.136. The molecule has 2 aromatic carbocycles. The first kappa shape index (κ1) is 21.2. The van der Waals surface area contributed by atoms with E-state index in [2.05, 4.69) is 6.07 Å². The van der Waals surface area contributed by atoms with E-state index in [1.54, 1.807) is 41.1 Å². The molecule has 6 nitrogen and oxygen atoms in total. The highest BCUT2D eigenvalue weighted by molar-refractivity contribution is 6.30. The highest BCUT2D eigenvalue weighted by Gasteiger charge is 2.29. The van der Waals surface area contributed by atoms with Gasteiger partial charge in [-0.3, -0.25) is 5.01 Å². The summed E-state index contributed by atoms with van der Waals surface area (Å²) in [5.74, 6) is 5.80. The summed E-state index contributed by atoms with van der Waals surface area (Å²) in [5.41, 5.74) is 14.1. The Morgan fingerprint density at radius 2 is 1.83 bits per heavy atom. The number of aromatic nitrogens is 1. The van der Waals surface area contributed by atoms with Gasteiger partial charge in [0.1, 0.15) is 23.3 Å². The molecule has 154 valence electrons. The third-order valence-electron chi connectivity index (χ3n) is 5.03. The summed E-state index contributed by atoms with van der Waals surface area (Å²) < 4.78 is 15.7. The van der Waals surface area contributed by atoms with Crippen LogP contribution in [0.15, 0.2) is 66.6 Å². The molecule has 0 unspecified atom stereocenters. The van der Waals surface area contributed by atoms with Crippen LogP contribution in [0.3, 0.4) is 0 Å². The van der Waals surface area contributed by atoms with Crippen LogP contribution in [0.25, 0.3) is 11.1 Å². The molecule has 0 atom stereocenters.